The number of hydrogen-bond acceptors (Lipinski definition) is 6. The van der Waals surface area contributed by atoms with E-state index in [-0.39, 0.29) is 24.3 Å². The predicted octanol–water partition coefficient (Wildman–Crippen LogP) is 10.3. The van der Waals surface area contributed by atoms with Crippen LogP contribution in [-0.2, 0) is 9.59 Å². The molecule has 0 saturated carbocycles. The van der Waals surface area contributed by atoms with Gasteiger partial charge < -0.3 is 18.9 Å². The fraction of sp³-hybridized carbons (Fsp3) is 0.257. The van der Waals surface area contributed by atoms with Crippen molar-refractivity contribution >= 4 is 11.9 Å². The maximum absolute atomic E-state index is 14.0. The van der Waals surface area contributed by atoms with Gasteiger partial charge in [-0.25, -0.2) is 8.78 Å². The van der Waals surface area contributed by atoms with Crippen LogP contribution in [0.15, 0.2) is 84.9 Å². The van der Waals surface area contributed by atoms with E-state index in [4.69, 9.17) is 9.47 Å². The largest absolute Gasteiger partial charge is 0.573 e. The van der Waals surface area contributed by atoms with E-state index >= 15 is 0 Å². The second kappa shape index (κ2) is 16.3. The molecule has 0 aliphatic rings. The molecule has 0 spiro atoms. The molecule has 0 radical (unpaired) electrons. The van der Waals surface area contributed by atoms with Gasteiger partial charge in [-0.15, -0.1) is 26.3 Å². The molecule has 0 fully saturated rings. The number of ether oxygens (including phenoxy) is 4. The first-order valence-electron chi connectivity index (χ1n) is 14.9. The molecule has 6 nitrogen and oxygen atoms in total. The first-order valence-corrected chi connectivity index (χ1v) is 14.9. The first-order chi connectivity index (χ1) is 23.1. The Morgan fingerprint density at radius 2 is 0.796 bits per heavy atom. The Hall–Kier alpha value is -5.14. The number of esters is 2. The summed E-state index contributed by atoms with van der Waals surface area (Å²) in [5.41, 5.74) is 1.59. The van der Waals surface area contributed by atoms with E-state index in [0.29, 0.717) is 47.9 Å². The quantitative estimate of drug-likeness (QED) is 0.0566. The molecule has 0 unspecified atom stereocenters. The molecule has 0 aliphatic heterocycles. The van der Waals surface area contributed by atoms with Crippen LogP contribution in [0.3, 0.4) is 0 Å². The van der Waals surface area contributed by atoms with Crippen molar-refractivity contribution in [3.8, 4) is 45.3 Å². The summed E-state index contributed by atoms with van der Waals surface area (Å²) in [7, 11) is 0. The Labute approximate surface area is 275 Å². The van der Waals surface area contributed by atoms with Crippen molar-refractivity contribution < 1.29 is 63.7 Å². The van der Waals surface area contributed by atoms with Gasteiger partial charge in [0.25, 0.3) is 0 Å². The van der Waals surface area contributed by atoms with E-state index in [9.17, 15) is 44.7 Å². The molecule has 4 rings (SSSR count). The normalized spacial score (nSPS) is 11.6. The van der Waals surface area contributed by atoms with Crippen LogP contribution in [0.1, 0.15) is 44.9 Å². The van der Waals surface area contributed by atoms with Gasteiger partial charge in [-0.1, -0.05) is 55.7 Å². The minimum Gasteiger partial charge on any atom is -0.427 e. The van der Waals surface area contributed by atoms with Gasteiger partial charge in [0.05, 0.1) is 0 Å². The summed E-state index contributed by atoms with van der Waals surface area (Å²) in [6, 6.07) is 18.2. The summed E-state index contributed by atoms with van der Waals surface area (Å²) in [6.45, 7) is 0. The Morgan fingerprint density at radius 1 is 0.469 bits per heavy atom. The zero-order valence-corrected chi connectivity index (χ0v) is 25.5. The van der Waals surface area contributed by atoms with Gasteiger partial charge in [0.15, 0.2) is 23.1 Å². The summed E-state index contributed by atoms with van der Waals surface area (Å²) in [5.74, 6) is -4.65. The van der Waals surface area contributed by atoms with Gasteiger partial charge in [-0.2, -0.15) is 0 Å². The van der Waals surface area contributed by atoms with Crippen molar-refractivity contribution in [2.75, 3.05) is 0 Å². The lowest BCUT2D eigenvalue weighted by molar-refractivity contribution is -0.276. The van der Waals surface area contributed by atoms with E-state index in [1.54, 1.807) is 0 Å². The fourth-order valence-electron chi connectivity index (χ4n) is 4.64. The molecule has 0 bridgehead atoms. The molecular formula is C35H28F8O6. The maximum Gasteiger partial charge on any atom is 0.573 e. The molecule has 0 amide bonds. The second-order valence-electron chi connectivity index (χ2n) is 10.7. The smallest absolute Gasteiger partial charge is 0.427 e. The fourth-order valence-corrected chi connectivity index (χ4v) is 4.64. The molecule has 49 heavy (non-hydrogen) atoms. The summed E-state index contributed by atoms with van der Waals surface area (Å²) in [5, 5.41) is 0. The number of rotatable bonds is 14. The molecule has 4 aromatic carbocycles. The van der Waals surface area contributed by atoms with Gasteiger partial charge in [0.1, 0.15) is 11.5 Å². The highest BCUT2D eigenvalue weighted by atomic mass is 19.4. The Balaban J connectivity index is 1.10. The molecular weight excluding hydrogens is 668 g/mol. The third-order valence-electron chi connectivity index (χ3n) is 6.92. The Morgan fingerprint density at radius 3 is 1.12 bits per heavy atom. The molecule has 14 heteroatoms. The molecule has 0 aromatic heterocycles. The van der Waals surface area contributed by atoms with Crippen LogP contribution in [0, 0.1) is 11.6 Å². The lowest BCUT2D eigenvalue weighted by atomic mass is 10.1. The van der Waals surface area contributed by atoms with Crippen molar-refractivity contribution in [3.05, 3.63) is 96.6 Å². The number of halogens is 8. The minimum absolute atomic E-state index is 0.157. The molecule has 260 valence electrons. The van der Waals surface area contributed by atoms with Crippen molar-refractivity contribution in [3.63, 3.8) is 0 Å². The van der Waals surface area contributed by atoms with E-state index in [1.807, 2.05) is 0 Å². The lowest BCUT2D eigenvalue weighted by Gasteiger charge is -2.11. The minimum atomic E-state index is -5.01. The lowest BCUT2D eigenvalue weighted by Crippen LogP contribution is -2.17. The number of carbonyl (C=O) groups is 2. The van der Waals surface area contributed by atoms with Crippen LogP contribution >= 0.6 is 0 Å². The number of benzene rings is 4. The van der Waals surface area contributed by atoms with E-state index in [2.05, 4.69) is 9.47 Å². The second-order valence-corrected chi connectivity index (χ2v) is 10.7. The molecule has 0 N–H and O–H groups in total. The molecule has 0 heterocycles. The number of carbonyl (C=O) groups excluding carboxylic acids is 2. The van der Waals surface area contributed by atoms with Crippen molar-refractivity contribution in [2.45, 2.75) is 57.7 Å². The summed E-state index contributed by atoms with van der Waals surface area (Å²) in [4.78, 5) is 24.4. The average Bonchev–Trinajstić information content (AvgIpc) is 3.02. The zero-order valence-electron chi connectivity index (χ0n) is 25.5. The van der Waals surface area contributed by atoms with Crippen molar-refractivity contribution in [1.29, 1.82) is 0 Å². The highest BCUT2D eigenvalue weighted by molar-refractivity contribution is 5.74. The third kappa shape index (κ3) is 12.1. The first kappa shape index (κ1) is 36.7. The van der Waals surface area contributed by atoms with Crippen LogP contribution in [0.5, 0.6) is 23.0 Å². The zero-order chi connectivity index (χ0) is 35.6. The maximum atomic E-state index is 14.0. The van der Waals surface area contributed by atoms with E-state index in [1.165, 1.54) is 60.7 Å². The number of alkyl halides is 6. The van der Waals surface area contributed by atoms with Gasteiger partial charge >= 0.3 is 24.7 Å². The van der Waals surface area contributed by atoms with Gasteiger partial charge in [-0.05, 0) is 83.6 Å². The van der Waals surface area contributed by atoms with E-state index < -0.39 is 47.8 Å². The predicted molar refractivity (Wildman–Crippen MR) is 161 cm³/mol. The van der Waals surface area contributed by atoms with Crippen LogP contribution in [0.4, 0.5) is 35.1 Å². The molecule has 0 atom stereocenters. The molecule has 4 aromatic rings. The Kier molecular flexibility index (Phi) is 12.2. The third-order valence-corrected chi connectivity index (χ3v) is 6.92. The van der Waals surface area contributed by atoms with Crippen LogP contribution < -0.4 is 18.9 Å². The molecule has 0 aliphatic carbocycles. The van der Waals surface area contributed by atoms with Gasteiger partial charge in [0, 0.05) is 12.8 Å². The topological polar surface area (TPSA) is 71.1 Å². The van der Waals surface area contributed by atoms with E-state index in [0.717, 1.165) is 30.7 Å². The Bertz CT molecular complexity index is 1590. The SMILES string of the molecule is O=C(CCCCCCCC(=O)Oc1ccc(-c2ccc(OC(F)(F)F)c(F)c2)cc1)Oc1ccc(-c2ccc(OC(F)(F)F)c(F)c2)cc1. The van der Waals surface area contributed by atoms with Gasteiger partial charge in [0.2, 0.25) is 0 Å². The summed E-state index contributed by atoms with van der Waals surface area (Å²) >= 11 is 0. The molecule has 0 saturated heterocycles. The van der Waals surface area contributed by atoms with Crippen LogP contribution in [0.2, 0.25) is 0 Å². The summed E-state index contributed by atoms with van der Waals surface area (Å²) in [6.07, 6.45) is -6.41. The van der Waals surface area contributed by atoms with Gasteiger partial charge in [-0.3, -0.25) is 9.59 Å². The van der Waals surface area contributed by atoms with Crippen LogP contribution in [-0.4, -0.2) is 24.7 Å². The summed E-state index contributed by atoms with van der Waals surface area (Å²) < 4.78 is 120. The number of unbranched alkanes of at least 4 members (excludes halogenated alkanes) is 4. The highest BCUT2D eigenvalue weighted by Crippen LogP contribution is 2.32. The number of hydrogen-bond donors (Lipinski definition) is 0. The van der Waals surface area contributed by atoms with Crippen molar-refractivity contribution in [1.82, 2.24) is 0 Å². The van der Waals surface area contributed by atoms with Crippen LogP contribution in [0.25, 0.3) is 22.3 Å². The van der Waals surface area contributed by atoms with Crippen molar-refractivity contribution in [2.24, 2.45) is 0 Å². The highest BCUT2D eigenvalue weighted by Gasteiger charge is 2.33. The average molecular weight is 697 g/mol. The standard InChI is InChI=1S/C35H28F8O6/c36-28-20-24(12-18-30(28)48-34(38,39)40)22-8-14-26(15-9-22)46-32(44)6-4-2-1-3-5-7-33(45)47-27-16-10-23(11-17-27)25-13-19-31(29(37)21-25)49-35(41,42)43/h8-21H,1-7H2. The monoisotopic (exact) mass is 696 g/mol.